The molecular formula is C20H26NO2+. The molecule has 3 heteroatoms. The first kappa shape index (κ1) is 16.0. The number of hydrogen-bond acceptors (Lipinski definition) is 2. The third-order valence-corrected chi connectivity index (χ3v) is 4.53. The van der Waals surface area contributed by atoms with Crippen LogP contribution in [0.2, 0.25) is 0 Å². The van der Waals surface area contributed by atoms with Crippen LogP contribution in [0.25, 0.3) is 11.1 Å². The predicted molar refractivity (Wildman–Crippen MR) is 93.2 cm³/mol. The largest absolute Gasteiger partial charge is 0.369 e. The smallest absolute Gasteiger partial charge is 0.190 e. The summed E-state index contributed by atoms with van der Waals surface area (Å²) in [7, 11) is 0. The van der Waals surface area contributed by atoms with Gasteiger partial charge >= 0.3 is 0 Å². The fourth-order valence-electron chi connectivity index (χ4n) is 3.26. The van der Waals surface area contributed by atoms with Crippen molar-refractivity contribution >= 4 is 0 Å². The molecule has 0 amide bonds. The molecule has 0 radical (unpaired) electrons. The van der Waals surface area contributed by atoms with Crippen LogP contribution in [0.4, 0.5) is 0 Å². The van der Waals surface area contributed by atoms with Crippen LogP contribution in [0.3, 0.4) is 0 Å². The quantitative estimate of drug-likeness (QED) is 0.770. The van der Waals surface area contributed by atoms with Crippen LogP contribution in [0.5, 0.6) is 5.75 Å². The number of nitrogens with zero attached hydrogens (tertiary/aromatic N) is 1. The first-order valence-electron chi connectivity index (χ1n) is 8.52. The number of hydroxylamine groups is 3. The molecule has 2 aromatic carbocycles. The molecule has 2 aromatic rings. The second-order valence-electron chi connectivity index (χ2n) is 6.27. The van der Waals surface area contributed by atoms with Crippen molar-refractivity contribution < 1.29 is 14.2 Å². The molecule has 1 saturated heterocycles. The molecule has 0 saturated carbocycles. The maximum absolute atomic E-state index is 6.36. The van der Waals surface area contributed by atoms with Gasteiger partial charge in [0.05, 0.1) is 13.2 Å². The van der Waals surface area contributed by atoms with Gasteiger partial charge < -0.3 is 9.57 Å². The van der Waals surface area contributed by atoms with Crippen molar-refractivity contribution in [1.29, 1.82) is 0 Å². The Labute approximate surface area is 139 Å². The van der Waals surface area contributed by atoms with E-state index in [1.54, 1.807) is 0 Å². The van der Waals surface area contributed by atoms with Crippen LogP contribution in [0.1, 0.15) is 18.9 Å². The summed E-state index contributed by atoms with van der Waals surface area (Å²) in [6, 6.07) is 17.0. The summed E-state index contributed by atoms with van der Waals surface area (Å²) in [6.45, 7) is 8.79. The number of quaternary nitrogens is 1. The van der Waals surface area contributed by atoms with Crippen molar-refractivity contribution in [2.45, 2.75) is 20.3 Å². The minimum absolute atomic E-state index is 0.681. The minimum atomic E-state index is 0.681. The second kappa shape index (κ2) is 7.16. The molecule has 0 aromatic heterocycles. The minimum Gasteiger partial charge on any atom is -0.369 e. The van der Waals surface area contributed by atoms with Gasteiger partial charge in [-0.3, -0.25) is 0 Å². The second-order valence-corrected chi connectivity index (χ2v) is 6.27. The molecule has 1 heterocycles. The van der Waals surface area contributed by atoms with Crippen molar-refractivity contribution in [2.24, 2.45) is 0 Å². The van der Waals surface area contributed by atoms with Gasteiger partial charge in [-0.2, -0.15) is 0 Å². The van der Waals surface area contributed by atoms with Gasteiger partial charge in [-0.05, 0) is 42.2 Å². The van der Waals surface area contributed by atoms with E-state index in [4.69, 9.17) is 9.57 Å². The fourth-order valence-corrected chi connectivity index (χ4v) is 3.26. The van der Waals surface area contributed by atoms with E-state index in [9.17, 15) is 0 Å². The molecule has 0 N–H and O–H groups in total. The molecule has 1 aliphatic heterocycles. The van der Waals surface area contributed by atoms with E-state index in [1.165, 1.54) is 16.7 Å². The van der Waals surface area contributed by atoms with E-state index in [1.807, 2.05) is 0 Å². The lowest BCUT2D eigenvalue weighted by Crippen LogP contribution is -2.57. The van der Waals surface area contributed by atoms with Gasteiger partial charge in [0.15, 0.2) is 5.75 Å². The van der Waals surface area contributed by atoms with Crippen molar-refractivity contribution in [3.8, 4) is 16.9 Å². The summed E-state index contributed by atoms with van der Waals surface area (Å²) in [4.78, 5) is 6.36. The van der Waals surface area contributed by atoms with E-state index in [0.29, 0.717) is 4.65 Å². The van der Waals surface area contributed by atoms with Gasteiger partial charge in [-0.1, -0.05) is 43.3 Å². The van der Waals surface area contributed by atoms with Gasteiger partial charge in [0.1, 0.15) is 19.6 Å². The van der Waals surface area contributed by atoms with Gasteiger partial charge in [0.25, 0.3) is 0 Å². The van der Waals surface area contributed by atoms with Crippen LogP contribution in [-0.2, 0) is 4.74 Å². The first-order chi connectivity index (χ1) is 11.2. The Morgan fingerprint density at radius 3 is 2.35 bits per heavy atom. The molecule has 3 rings (SSSR count). The summed E-state index contributed by atoms with van der Waals surface area (Å²) in [5.41, 5.74) is 3.81. The molecule has 23 heavy (non-hydrogen) atoms. The lowest BCUT2D eigenvalue weighted by Gasteiger charge is -2.38. The Kier molecular flexibility index (Phi) is 4.99. The average Bonchev–Trinajstić information content (AvgIpc) is 2.57. The number of ether oxygens (including phenoxy) is 1. The Balaban J connectivity index is 1.78. The highest BCUT2D eigenvalue weighted by molar-refractivity contribution is 5.67. The first-order valence-corrected chi connectivity index (χ1v) is 8.52. The summed E-state index contributed by atoms with van der Waals surface area (Å²) in [5, 5.41) is 0. The third kappa shape index (κ3) is 3.74. The highest BCUT2D eigenvalue weighted by atomic mass is 16.7. The van der Waals surface area contributed by atoms with Gasteiger partial charge in [-0.25, -0.2) is 0 Å². The zero-order chi connectivity index (χ0) is 16.1. The summed E-state index contributed by atoms with van der Waals surface area (Å²) < 4.78 is 6.18. The molecule has 0 bridgehead atoms. The van der Waals surface area contributed by atoms with E-state index in [0.717, 1.165) is 45.0 Å². The van der Waals surface area contributed by atoms with E-state index >= 15 is 0 Å². The third-order valence-electron chi connectivity index (χ3n) is 4.53. The molecule has 0 aliphatic carbocycles. The molecule has 1 fully saturated rings. The number of rotatable bonds is 5. The van der Waals surface area contributed by atoms with Crippen LogP contribution in [0.15, 0.2) is 48.5 Å². The maximum Gasteiger partial charge on any atom is 0.190 e. The molecule has 1 aliphatic rings. The number of hydrogen-bond donors (Lipinski definition) is 0. The number of aryl methyl sites for hydroxylation is 1. The van der Waals surface area contributed by atoms with Crippen molar-refractivity contribution in [3.05, 3.63) is 54.1 Å². The number of benzene rings is 2. The molecule has 0 atom stereocenters. The fraction of sp³-hybridized carbons (Fsp3) is 0.400. The van der Waals surface area contributed by atoms with Crippen molar-refractivity contribution in [1.82, 2.24) is 0 Å². The summed E-state index contributed by atoms with van der Waals surface area (Å²) >= 11 is 0. The van der Waals surface area contributed by atoms with E-state index < -0.39 is 0 Å². The van der Waals surface area contributed by atoms with Gasteiger partial charge in [-0.15, -0.1) is 4.65 Å². The number of morpholine rings is 1. The molecule has 3 nitrogen and oxygen atoms in total. The van der Waals surface area contributed by atoms with Crippen molar-refractivity contribution in [2.75, 3.05) is 32.8 Å². The van der Waals surface area contributed by atoms with Crippen LogP contribution in [-0.4, -0.2) is 37.5 Å². The lowest BCUT2D eigenvalue weighted by atomic mass is 10.0. The summed E-state index contributed by atoms with van der Waals surface area (Å²) in [5.74, 6) is 0.942. The van der Waals surface area contributed by atoms with E-state index in [2.05, 4.69) is 62.4 Å². The highest BCUT2D eigenvalue weighted by Crippen LogP contribution is 2.27. The Bertz CT molecular complexity index is 625. The predicted octanol–water partition coefficient (Wildman–Crippen LogP) is 4.21. The molecule has 0 unspecified atom stereocenters. The van der Waals surface area contributed by atoms with Gasteiger partial charge in [0, 0.05) is 0 Å². The molecular weight excluding hydrogens is 286 g/mol. The summed E-state index contributed by atoms with van der Waals surface area (Å²) in [6.07, 6.45) is 1.11. The SMILES string of the molecule is CCC[N+]1(Oc2ccc(-c3ccccc3C)cc2)CCOCC1. The average molecular weight is 312 g/mol. The van der Waals surface area contributed by atoms with Crippen molar-refractivity contribution in [3.63, 3.8) is 0 Å². The monoisotopic (exact) mass is 312 g/mol. The van der Waals surface area contributed by atoms with Crippen LogP contribution < -0.4 is 4.84 Å². The van der Waals surface area contributed by atoms with Gasteiger partial charge in [0.2, 0.25) is 0 Å². The Morgan fingerprint density at radius 1 is 1.00 bits per heavy atom. The Morgan fingerprint density at radius 2 is 1.70 bits per heavy atom. The molecule has 122 valence electrons. The zero-order valence-electron chi connectivity index (χ0n) is 14.1. The normalized spacial score (nSPS) is 17.0. The zero-order valence-corrected chi connectivity index (χ0v) is 14.1. The highest BCUT2D eigenvalue weighted by Gasteiger charge is 2.33. The topological polar surface area (TPSA) is 18.5 Å². The molecule has 0 spiro atoms. The van der Waals surface area contributed by atoms with E-state index in [-0.39, 0.29) is 0 Å². The standard InChI is InChI=1S/C20H26NO2/c1-3-12-21(13-15-22-16-14-21)23-19-10-8-18(9-11-19)20-7-5-4-6-17(20)2/h4-11H,3,12-16H2,1-2H3/q+1. The lowest BCUT2D eigenvalue weighted by molar-refractivity contribution is -1.08. The van der Waals surface area contributed by atoms with Crippen LogP contribution in [0, 0.1) is 6.92 Å². The Hall–Kier alpha value is -1.84. The maximum atomic E-state index is 6.36. The van der Waals surface area contributed by atoms with Crippen LogP contribution >= 0.6 is 0 Å².